The summed E-state index contributed by atoms with van der Waals surface area (Å²) in [7, 11) is 1.70. The van der Waals surface area contributed by atoms with Gasteiger partial charge in [0, 0.05) is 38.1 Å². The Morgan fingerprint density at radius 1 is 1.42 bits per heavy atom. The lowest BCUT2D eigenvalue weighted by atomic mass is 9.77. The highest BCUT2D eigenvalue weighted by atomic mass is 35.5. The van der Waals surface area contributed by atoms with Gasteiger partial charge >= 0.3 is 5.97 Å². The fraction of sp³-hybridized carbons (Fsp3) is 0.529. The molecule has 3 rings (SSSR count). The molecule has 2 aliphatic rings. The maximum atomic E-state index is 13.4. The van der Waals surface area contributed by atoms with Crippen molar-refractivity contribution >= 4 is 23.5 Å². The van der Waals surface area contributed by atoms with Crippen molar-refractivity contribution in [2.45, 2.75) is 31.3 Å². The normalized spacial score (nSPS) is 23.9. The second kappa shape index (κ2) is 6.33. The van der Waals surface area contributed by atoms with Crippen LogP contribution < -0.4 is 0 Å². The summed E-state index contributed by atoms with van der Waals surface area (Å²) in [4.78, 5) is 27.3. The number of carboxylic acids is 1. The van der Waals surface area contributed by atoms with Crippen LogP contribution in [0.4, 0.5) is 4.39 Å². The van der Waals surface area contributed by atoms with Gasteiger partial charge in [-0.2, -0.15) is 0 Å². The van der Waals surface area contributed by atoms with E-state index in [1.54, 1.807) is 18.0 Å². The number of hydrogen-bond donors (Lipinski definition) is 1. The van der Waals surface area contributed by atoms with Gasteiger partial charge in [0.15, 0.2) is 0 Å². The fourth-order valence-electron chi connectivity index (χ4n) is 3.99. The molecule has 1 N–H and O–H groups in total. The molecule has 2 fully saturated rings. The van der Waals surface area contributed by atoms with E-state index in [1.807, 2.05) is 0 Å². The number of likely N-dealkylation sites (tertiary alicyclic amines) is 2. The van der Waals surface area contributed by atoms with E-state index in [-0.39, 0.29) is 18.1 Å². The number of rotatable bonds is 3. The number of nitrogens with zero attached hydrogens (tertiary/aromatic N) is 2. The summed E-state index contributed by atoms with van der Waals surface area (Å²) < 4.78 is 13.4. The summed E-state index contributed by atoms with van der Waals surface area (Å²) in [6, 6.07) is 4.30. The van der Waals surface area contributed by atoms with Crippen molar-refractivity contribution in [3.63, 3.8) is 0 Å². The lowest BCUT2D eigenvalue weighted by Crippen LogP contribution is -2.55. The Balaban J connectivity index is 1.72. The van der Waals surface area contributed by atoms with E-state index in [2.05, 4.69) is 4.90 Å². The smallest absolute Gasteiger partial charge is 0.309 e. The highest BCUT2D eigenvalue weighted by Crippen LogP contribution is 2.43. The molecule has 0 bridgehead atoms. The molecule has 1 amide bonds. The number of benzene rings is 1. The van der Waals surface area contributed by atoms with Crippen molar-refractivity contribution < 1.29 is 19.1 Å². The van der Waals surface area contributed by atoms with Crippen molar-refractivity contribution in [2.75, 3.05) is 20.1 Å². The van der Waals surface area contributed by atoms with E-state index in [4.69, 9.17) is 11.6 Å². The second-order valence-corrected chi connectivity index (χ2v) is 7.07. The van der Waals surface area contributed by atoms with Gasteiger partial charge in [0.25, 0.3) is 0 Å². The third-order valence-electron chi connectivity index (χ3n) is 5.49. The van der Waals surface area contributed by atoms with Crippen LogP contribution in [-0.2, 0) is 16.1 Å². The monoisotopic (exact) mass is 354 g/mol. The highest BCUT2D eigenvalue weighted by Gasteiger charge is 2.55. The molecule has 24 heavy (non-hydrogen) atoms. The van der Waals surface area contributed by atoms with Gasteiger partial charge in [-0.15, -0.1) is 0 Å². The molecule has 2 heterocycles. The summed E-state index contributed by atoms with van der Waals surface area (Å²) >= 11 is 6.12. The van der Waals surface area contributed by atoms with Crippen LogP contribution in [0.2, 0.25) is 5.02 Å². The zero-order valence-electron chi connectivity index (χ0n) is 13.5. The maximum absolute atomic E-state index is 13.4. The number of aliphatic carboxylic acids is 1. The van der Waals surface area contributed by atoms with E-state index >= 15 is 0 Å². The van der Waals surface area contributed by atoms with Crippen LogP contribution in [0.15, 0.2) is 18.2 Å². The molecule has 130 valence electrons. The quantitative estimate of drug-likeness (QED) is 0.905. The number of amides is 1. The van der Waals surface area contributed by atoms with Gasteiger partial charge < -0.3 is 10.0 Å². The lowest BCUT2D eigenvalue weighted by Gasteiger charge is -2.45. The Hall–Kier alpha value is -1.66. The van der Waals surface area contributed by atoms with E-state index in [0.717, 1.165) is 5.56 Å². The summed E-state index contributed by atoms with van der Waals surface area (Å²) in [6.07, 6.45) is 1.26. The van der Waals surface area contributed by atoms with Gasteiger partial charge in [0.1, 0.15) is 5.82 Å². The number of piperidine rings is 1. The fourth-order valence-corrected chi connectivity index (χ4v) is 4.17. The van der Waals surface area contributed by atoms with Crippen molar-refractivity contribution in [1.29, 1.82) is 0 Å². The molecule has 7 heteroatoms. The summed E-state index contributed by atoms with van der Waals surface area (Å²) in [6.45, 7) is 1.81. The van der Waals surface area contributed by atoms with Crippen molar-refractivity contribution in [3.05, 3.63) is 34.6 Å². The molecule has 1 atom stereocenters. The highest BCUT2D eigenvalue weighted by molar-refractivity contribution is 6.31. The van der Waals surface area contributed by atoms with Crippen LogP contribution in [0.1, 0.15) is 24.8 Å². The van der Waals surface area contributed by atoms with E-state index in [9.17, 15) is 19.1 Å². The molecule has 0 saturated carbocycles. The number of carboxylic acid groups (broad SMARTS) is 1. The zero-order valence-corrected chi connectivity index (χ0v) is 14.2. The number of carbonyl (C=O) groups excluding carboxylic acids is 1. The SMILES string of the molecule is CN1C(=O)C[C@@H](C(=O)O)C12CCN(Cc1cc(F)ccc1Cl)CC2. The lowest BCUT2D eigenvalue weighted by molar-refractivity contribution is -0.146. The average Bonchev–Trinajstić information content (AvgIpc) is 2.79. The van der Waals surface area contributed by atoms with Crippen molar-refractivity contribution in [1.82, 2.24) is 9.80 Å². The zero-order chi connectivity index (χ0) is 17.5. The molecule has 1 aromatic carbocycles. The first-order valence-electron chi connectivity index (χ1n) is 7.99. The number of carbonyl (C=O) groups is 2. The minimum Gasteiger partial charge on any atom is -0.481 e. The van der Waals surface area contributed by atoms with Crippen LogP contribution in [0.5, 0.6) is 0 Å². The van der Waals surface area contributed by atoms with Crippen LogP contribution in [-0.4, -0.2) is 52.5 Å². The van der Waals surface area contributed by atoms with Crippen molar-refractivity contribution in [3.8, 4) is 0 Å². The first-order valence-corrected chi connectivity index (χ1v) is 8.37. The molecule has 0 radical (unpaired) electrons. The third-order valence-corrected chi connectivity index (χ3v) is 5.86. The predicted molar refractivity (Wildman–Crippen MR) is 87.2 cm³/mol. The first kappa shape index (κ1) is 17.2. The van der Waals surface area contributed by atoms with Gasteiger partial charge in [-0.25, -0.2) is 4.39 Å². The van der Waals surface area contributed by atoms with Crippen LogP contribution in [0.25, 0.3) is 0 Å². The Labute approximate surface area is 145 Å². The summed E-state index contributed by atoms with van der Waals surface area (Å²) in [5.41, 5.74) is 0.115. The molecule has 0 aliphatic carbocycles. The van der Waals surface area contributed by atoms with Crippen molar-refractivity contribution in [2.24, 2.45) is 5.92 Å². The van der Waals surface area contributed by atoms with Crippen LogP contribution >= 0.6 is 11.6 Å². The molecular weight excluding hydrogens is 335 g/mol. The topological polar surface area (TPSA) is 60.9 Å². The van der Waals surface area contributed by atoms with Gasteiger partial charge in [-0.3, -0.25) is 14.5 Å². The first-order chi connectivity index (χ1) is 11.3. The van der Waals surface area contributed by atoms with E-state index < -0.39 is 17.4 Å². The number of hydrogen-bond acceptors (Lipinski definition) is 3. The molecule has 1 aromatic rings. The Morgan fingerprint density at radius 2 is 2.08 bits per heavy atom. The molecule has 0 aromatic heterocycles. The molecule has 2 aliphatic heterocycles. The second-order valence-electron chi connectivity index (χ2n) is 6.66. The Bertz CT molecular complexity index is 674. The van der Waals surface area contributed by atoms with Gasteiger partial charge in [-0.1, -0.05) is 11.6 Å². The Morgan fingerprint density at radius 3 is 2.71 bits per heavy atom. The van der Waals surface area contributed by atoms with Gasteiger partial charge in [0.05, 0.1) is 11.5 Å². The standard InChI is InChI=1S/C17H20ClFN2O3/c1-20-15(22)9-13(16(23)24)17(20)4-6-21(7-5-17)10-11-8-12(19)2-3-14(11)18/h2-3,8,13H,4-7,9-10H2,1H3,(H,23,24)/t13-/m0/s1. The maximum Gasteiger partial charge on any atom is 0.309 e. The summed E-state index contributed by atoms with van der Waals surface area (Å²) in [5.74, 6) is -2.00. The number of halogens is 2. The molecular formula is C17H20ClFN2O3. The van der Waals surface area contributed by atoms with E-state index in [1.165, 1.54) is 12.1 Å². The largest absolute Gasteiger partial charge is 0.481 e. The molecule has 5 nitrogen and oxygen atoms in total. The third kappa shape index (κ3) is 2.89. The minimum atomic E-state index is -0.908. The predicted octanol–water partition coefficient (Wildman–Crippen LogP) is 2.38. The van der Waals surface area contributed by atoms with Crippen LogP contribution in [0.3, 0.4) is 0 Å². The summed E-state index contributed by atoms with van der Waals surface area (Å²) in [5, 5.41) is 10.0. The van der Waals surface area contributed by atoms with Crippen LogP contribution in [0, 0.1) is 11.7 Å². The Kier molecular flexibility index (Phi) is 4.53. The van der Waals surface area contributed by atoms with Gasteiger partial charge in [0.2, 0.25) is 5.91 Å². The van der Waals surface area contributed by atoms with E-state index in [0.29, 0.717) is 37.5 Å². The minimum absolute atomic E-state index is 0.0710. The molecule has 2 saturated heterocycles. The van der Waals surface area contributed by atoms with Gasteiger partial charge in [-0.05, 0) is 36.6 Å². The molecule has 1 spiro atoms. The average molecular weight is 355 g/mol. The molecule has 0 unspecified atom stereocenters.